The number of benzene rings is 1. The van der Waals surface area contributed by atoms with Crippen molar-refractivity contribution in [2.24, 2.45) is 0 Å². The van der Waals surface area contributed by atoms with Crippen LogP contribution in [0.4, 0.5) is 4.39 Å². The predicted molar refractivity (Wildman–Crippen MR) is 89.9 cm³/mol. The Kier molecular flexibility index (Phi) is 5.20. The minimum atomic E-state index is -2.93. The maximum absolute atomic E-state index is 13.3. The fraction of sp³-hybridized carbons (Fsp3) is 0.588. The monoisotopic (exact) mass is 354 g/mol. The first-order chi connectivity index (χ1) is 11.4. The summed E-state index contributed by atoms with van der Waals surface area (Å²) in [6.45, 7) is 1.85. The van der Waals surface area contributed by atoms with Gasteiger partial charge in [0.2, 0.25) is 5.91 Å². The van der Waals surface area contributed by atoms with E-state index in [4.69, 9.17) is 0 Å². The van der Waals surface area contributed by atoms with Gasteiger partial charge in [0.15, 0.2) is 9.84 Å². The Morgan fingerprint density at radius 1 is 1.21 bits per heavy atom. The highest BCUT2D eigenvalue weighted by atomic mass is 32.2. The Labute approximate surface area is 142 Å². The van der Waals surface area contributed by atoms with E-state index in [0.29, 0.717) is 19.5 Å². The highest BCUT2D eigenvalue weighted by molar-refractivity contribution is 7.91. The average Bonchev–Trinajstić information content (AvgIpc) is 2.98. The fourth-order valence-electron chi connectivity index (χ4n) is 3.50. The molecule has 2 aliphatic heterocycles. The fourth-order valence-corrected chi connectivity index (χ4v) is 4.78. The number of halogens is 1. The van der Waals surface area contributed by atoms with Gasteiger partial charge < -0.3 is 4.90 Å². The molecule has 0 aliphatic carbocycles. The van der Waals surface area contributed by atoms with E-state index in [9.17, 15) is 17.6 Å². The Balaban J connectivity index is 1.57. The summed E-state index contributed by atoms with van der Waals surface area (Å²) in [7, 11) is -2.93. The molecule has 2 heterocycles. The lowest BCUT2D eigenvalue weighted by atomic mass is 10.0. The number of hydrogen-bond acceptors (Lipinski definition) is 4. The predicted octanol–water partition coefficient (Wildman–Crippen LogP) is 1.09. The summed E-state index contributed by atoms with van der Waals surface area (Å²) in [5.74, 6) is 0.0612. The molecule has 0 bridgehead atoms. The lowest BCUT2D eigenvalue weighted by molar-refractivity contribution is -0.133. The highest BCUT2D eigenvalue weighted by Crippen LogP contribution is 2.22. The summed E-state index contributed by atoms with van der Waals surface area (Å²) >= 11 is 0. The molecule has 1 atom stereocenters. The molecule has 0 unspecified atom stereocenters. The van der Waals surface area contributed by atoms with Crippen LogP contribution in [0, 0.1) is 5.82 Å². The molecule has 7 heteroatoms. The summed E-state index contributed by atoms with van der Waals surface area (Å²) in [5.41, 5.74) is 0.906. The normalized spacial score (nSPS) is 24.2. The molecular formula is C17H23FN2O3S. The Morgan fingerprint density at radius 3 is 2.67 bits per heavy atom. The molecular weight excluding hydrogens is 331 g/mol. The minimum Gasteiger partial charge on any atom is -0.338 e. The maximum Gasteiger partial charge on any atom is 0.237 e. The van der Waals surface area contributed by atoms with E-state index >= 15 is 0 Å². The average molecular weight is 354 g/mol. The minimum absolute atomic E-state index is 0.0493. The molecule has 24 heavy (non-hydrogen) atoms. The Bertz CT molecular complexity index is 694. The van der Waals surface area contributed by atoms with Crippen molar-refractivity contribution in [2.75, 3.05) is 37.7 Å². The molecule has 0 radical (unpaired) electrons. The first kappa shape index (κ1) is 17.4. The number of carbonyl (C=O) groups excluding carboxylic acids is 1. The topological polar surface area (TPSA) is 57.7 Å². The molecule has 0 N–H and O–H groups in total. The summed E-state index contributed by atoms with van der Waals surface area (Å²) in [6, 6.07) is 6.63. The molecule has 1 aromatic carbocycles. The zero-order chi connectivity index (χ0) is 17.2. The van der Waals surface area contributed by atoms with Crippen molar-refractivity contribution in [3.63, 3.8) is 0 Å². The van der Waals surface area contributed by atoms with Crippen molar-refractivity contribution in [1.29, 1.82) is 0 Å². The summed E-state index contributed by atoms with van der Waals surface area (Å²) in [5, 5.41) is 0. The van der Waals surface area contributed by atoms with Crippen LogP contribution in [-0.4, -0.2) is 67.9 Å². The number of carbonyl (C=O) groups is 1. The van der Waals surface area contributed by atoms with Crippen molar-refractivity contribution in [3.8, 4) is 0 Å². The second-order valence-corrected chi connectivity index (χ2v) is 8.95. The van der Waals surface area contributed by atoms with Gasteiger partial charge in [-0.05, 0) is 37.0 Å². The molecule has 2 fully saturated rings. The largest absolute Gasteiger partial charge is 0.338 e. The summed E-state index contributed by atoms with van der Waals surface area (Å²) < 4.78 is 36.3. The molecule has 2 saturated heterocycles. The number of nitrogens with zero attached hydrogens (tertiary/aromatic N) is 2. The molecule has 5 nitrogen and oxygen atoms in total. The van der Waals surface area contributed by atoms with Crippen LogP contribution < -0.4 is 0 Å². The Morgan fingerprint density at radius 2 is 1.96 bits per heavy atom. The van der Waals surface area contributed by atoms with Gasteiger partial charge in [0.25, 0.3) is 0 Å². The molecule has 2 aliphatic rings. The molecule has 0 aromatic heterocycles. The number of hydrogen-bond donors (Lipinski definition) is 0. The molecule has 1 amide bonds. The first-order valence-corrected chi connectivity index (χ1v) is 10.2. The van der Waals surface area contributed by atoms with Gasteiger partial charge in [0.1, 0.15) is 5.82 Å². The van der Waals surface area contributed by atoms with Gasteiger partial charge in [-0.1, -0.05) is 12.1 Å². The van der Waals surface area contributed by atoms with Crippen molar-refractivity contribution < 1.29 is 17.6 Å². The lowest BCUT2D eigenvalue weighted by Crippen LogP contribution is -2.48. The standard InChI is InChI=1S/C17H23FN2O3S/c18-15-4-1-3-14(11-15)12-16-5-2-6-20(16)17(21)13-19-7-9-24(22,23)10-8-19/h1,3-4,11,16H,2,5-10,12-13H2/t16-/m0/s1. The quantitative estimate of drug-likeness (QED) is 0.812. The molecule has 132 valence electrons. The zero-order valence-corrected chi connectivity index (χ0v) is 14.5. The maximum atomic E-state index is 13.3. The Hall–Kier alpha value is -1.47. The molecule has 0 spiro atoms. The lowest BCUT2D eigenvalue weighted by Gasteiger charge is -2.30. The molecule has 3 rings (SSSR count). The second-order valence-electron chi connectivity index (χ2n) is 6.65. The van der Waals surface area contributed by atoms with Crippen molar-refractivity contribution in [2.45, 2.75) is 25.3 Å². The number of rotatable bonds is 4. The van der Waals surface area contributed by atoms with Gasteiger partial charge in [0, 0.05) is 25.7 Å². The van der Waals surface area contributed by atoms with Gasteiger partial charge >= 0.3 is 0 Å². The van der Waals surface area contributed by atoms with E-state index < -0.39 is 9.84 Å². The van der Waals surface area contributed by atoms with Gasteiger partial charge in [-0.2, -0.15) is 0 Å². The zero-order valence-electron chi connectivity index (χ0n) is 13.7. The van der Waals surface area contributed by atoms with Crippen LogP contribution in [0.5, 0.6) is 0 Å². The van der Waals surface area contributed by atoms with E-state index in [0.717, 1.165) is 24.9 Å². The third-order valence-corrected chi connectivity index (χ3v) is 6.46. The van der Waals surface area contributed by atoms with E-state index in [-0.39, 0.29) is 35.8 Å². The first-order valence-electron chi connectivity index (χ1n) is 8.40. The van der Waals surface area contributed by atoms with E-state index in [1.807, 2.05) is 15.9 Å². The third-order valence-electron chi connectivity index (χ3n) is 4.85. The van der Waals surface area contributed by atoms with Gasteiger partial charge in [-0.15, -0.1) is 0 Å². The summed E-state index contributed by atoms with van der Waals surface area (Å²) in [4.78, 5) is 16.4. The number of likely N-dealkylation sites (tertiary alicyclic amines) is 1. The van der Waals surface area contributed by atoms with Gasteiger partial charge in [-0.3, -0.25) is 9.69 Å². The van der Waals surface area contributed by atoms with Crippen LogP contribution in [-0.2, 0) is 21.1 Å². The van der Waals surface area contributed by atoms with Crippen molar-refractivity contribution >= 4 is 15.7 Å². The second kappa shape index (κ2) is 7.19. The molecule has 0 saturated carbocycles. The third kappa shape index (κ3) is 4.33. The van der Waals surface area contributed by atoms with Crippen LogP contribution >= 0.6 is 0 Å². The smallest absolute Gasteiger partial charge is 0.237 e. The van der Waals surface area contributed by atoms with Gasteiger partial charge in [-0.25, -0.2) is 12.8 Å². The molecule has 1 aromatic rings. The van der Waals surface area contributed by atoms with Crippen molar-refractivity contribution in [3.05, 3.63) is 35.6 Å². The van der Waals surface area contributed by atoms with Crippen LogP contribution in [0.25, 0.3) is 0 Å². The van der Waals surface area contributed by atoms with Crippen LogP contribution in [0.1, 0.15) is 18.4 Å². The summed E-state index contributed by atoms with van der Waals surface area (Å²) in [6.07, 6.45) is 2.55. The SMILES string of the molecule is O=C(CN1CCS(=O)(=O)CC1)N1CCC[C@H]1Cc1cccc(F)c1. The van der Waals surface area contributed by atoms with E-state index in [1.54, 1.807) is 6.07 Å². The van der Waals surface area contributed by atoms with Gasteiger partial charge in [0.05, 0.1) is 18.1 Å². The van der Waals surface area contributed by atoms with Crippen molar-refractivity contribution in [1.82, 2.24) is 9.80 Å². The van der Waals surface area contributed by atoms with Crippen LogP contribution in [0.2, 0.25) is 0 Å². The highest BCUT2D eigenvalue weighted by Gasteiger charge is 2.31. The number of sulfone groups is 1. The van der Waals surface area contributed by atoms with E-state index in [2.05, 4.69) is 0 Å². The van der Waals surface area contributed by atoms with E-state index in [1.165, 1.54) is 12.1 Å². The van der Waals surface area contributed by atoms with Crippen LogP contribution in [0.3, 0.4) is 0 Å². The van der Waals surface area contributed by atoms with Crippen LogP contribution in [0.15, 0.2) is 24.3 Å². The number of amides is 1.